The van der Waals surface area contributed by atoms with Gasteiger partial charge in [0.2, 0.25) is 0 Å². The lowest BCUT2D eigenvalue weighted by atomic mass is 10.1. The number of alkyl halides is 3. The van der Waals surface area contributed by atoms with E-state index in [1.54, 1.807) is 0 Å². The van der Waals surface area contributed by atoms with E-state index >= 15 is 0 Å². The van der Waals surface area contributed by atoms with Gasteiger partial charge in [-0.15, -0.1) is 0 Å². The first-order valence-electron chi connectivity index (χ1n) is 8.49. The minimum atomic E-state index is -4.53. The maximum absolute atomic E-state index is 12.8. The summed E-state index contributed by atoms with van der Waals surface area (Å²) >= 11 is 1.01. The first-order chi connectivity index (χ1) is 14.7. The molecule has 0 aliphatic heterocycles. The number of thiazole rings is 1. The van der Waals surface area contributed by atoms with Crippen LogP contribution in [-0.4, -0.2) is 37.3 Å². The number of benzene rings is 1. The Morgan fingerprint density at radius 3 is 2.68 bits per heavy atom. The predicted molar refractivity (Wildman–Crippen MR) is 106 cm³/mol. The molecule has 13 heteroatoms. The number of aromatic amines is 1. The molecule has 0 aliphatic rings. The number of hydrogen-bond acceptors (Lipinski definition) is 6. The van der Waals surface area contributed by atoms with Crippen molar-refractivity contribution in [3.05, 3.63) is 53.9 Å². The Morgan fingerprint density at radius 2 is 1.94 bits per heavy atom. The molecule has 4 rings (SSSR count). The Hall–Kier alpha value is -4.00. The second-order valence-electron chi connectivity index (χ2n) is 6.18. The number of nitrogens with zero attached hydrogens (tertiary/aromatic N) is 3. The third-order valence-corrected chi connectivity index (χ3v) is 5.01. The Kier molecular flexibility index (Phi) is 5.02. The third-order valence-electron chi connectivity index (χ3n) is 4.08. The summed E-state index contributed by atoms with van der Waals surface area (Å²) in [5.41, 5.74) is -0.352. The lowest BCUT2D eigenvalue weighted by molar-refractivity contribution is -0.137. The molecule has 2 amide bonds. The van der Waals surface area contributed by atoms with Crippen LogP contribution in [0.3, 0.4) is 0 Å². The van der Waals surface area contributed by atoms with E-state index < -0.39 is 23.7 Å². The fourth-order valence-electron chi connectivity index (χ4n) is 2.72. The van der Waals surface area contributed by atoms with Crippen molar-refractivity contribution in [3.8, 4) is 10.6 Å². The second kappa shape index (κ2) is 7.68. The van der Waals surface area contributed by atoms with Crippen LogP contribution in [-0.2, 0) is 6.18 Å². The number of aromatic carboxylic acids is 1. The van der Waals surface area contributed by atoms with E-state index in [9.17, 15) is 27.9 Å². The predicted octanol–water partition coefficient (Wildman–Crippen LogP) is 4.44. The van der Waals surface area contributed by atoms with Gasteiger partial charge < -0.3 is 10.4 Å². The Bertz CT molecular complexity index is 1300. The number of nitrogens with one attached hydrogen (secondary N) is 3. The third kappa shape index (κ3) is 4.30. The first kappa shape index (κ1) is 20.3. The van der Waals surface area contributed by atoms with Crippen molar-refractivity contribution < 1.29 is 27.9 Å². The second-order valence-corrected chi connectivity index (χ2v) is 7.21. The molecule has 0 atom stereocenters. The summed E-state index contributed by atoms with van der Waals surface area (Å²) in [6.07, 6.45) is -1.79. The average Bonchev–Trinajstić information content (AvgIpc) is 3.35. The zero-order valence-electron chi connectivity index (χ0n) is 15.2. The Morgan fingerprint density at radius 1 is 1.13 bits per heavy atom. The van der Waals surface area contributed by atoms with Crippen molar-refractivity contribution in [1.82, 2.24) is 20.2 Å². The summed E-state index contributed by atoms with van der Waals surface area (Å²) in [5.74, 6) is -1.15. The highest BCUT2D eigenvalue weighted by molar-refractivity contribution is 7.19. The van der Waals surface area contributed by atoms with E-state index in [2.05, 4.69) is 30.8 Å². The SMILES string of the molecule is O=C(Nc1cccc(C(F)(F)F)c1)Nc1ncc(-c2cc(C(=O)O)c3cn[nH]c3n2)s1. The number of carbonyl (C=O) groups excluding carboxylic acids is 1. The molecule has 0 saturated carbocycles. The number of pyridine rings is 1. The van der Waals surface area contributed by atoms with Crippen molar-refractivity contribution in [2.45, 2.75) is 6.18 Å². The van der Waals surface area contributed by atoms with Crippen LogP contribution >= 0.6 is 11.3 Å². The molecule has 158 valence electrons. The van der Waals surface area contributed by atoms with Crippen LogP contribution in [0.25, 0.3) is 21.6 Å². The lowest BCUT2D eigenvalue weighted by Crippen LogP contribution is -2.19. The molecule has 4 aromatic rings. The molecule has 3 heterocycles. The zero-order chi connectivity index (χ0) is 22.2. The first-order valence-corrected chi connectivity index (χ1v) is 9.31. The molecule has 0 unspecified atom stereocenters. The van der Waals surface area contributed by atoms with Gasteiger partial charge in [0.25, 0.3) is 0 Å². The van der Waals surface area contributed by atoms with E-state index in [4.69, 9.17) is 0 Å². The lowest BCUT2D eigenvalue weighted by Gasteiger charge is -2.09. The van der Waals surface area contributed by atoms with Crippen LogP contribution in [0.4, 0.5) is 28.8 Å². The summed E-state index contributed by atoms with van der Waals surface area (Å²) in [4.78, 5) is 32.4. The summed E-state index contributed by atoms with van der Waals surface area (Å²) in [6.45, 7) is 0. The number of hydrogen-bond donors (Lipinski definition) is 4. The highest BCUT2D eigenvalue weighted by Crippen LogP contribution is 2.32. The number of anilines is 2. The number of fused-ring (bicyclic) bond motifs is 1. The van der Waals surface area contributed by atoms with Crippen molar-refractivity contribution >= 4 is 45.2 Å². The summed E-state index contributed by atoms with van der Waals surface area (Å²) < 4.78 is 38.4. The molecule has 4 N–H and O–H groups in total. The quantitative estimate of drug-likeness (QED) is 0.365. The molecule has 0 saturated heterocycles. The summed E-state index contributed by atoms with van der Waals surface area (Å²) in [5, 5.41) is 21.0. The Labute approximate surface area is 175 Å². The van der Waals surface area contributed by atoms with Gasteiger partial charge in [0, 0.05) is 11.9 Å². The highest BCUT2D eigenvalue weighted by Gasteiger charge is 2.30. The number of aromatic nitrogens is 4. The van der Waals surface area contributed by atoms with Gasteiger partial charge in [-0.3, -0.25) is 10.4 Å². The minimum Gasteiger partial charge on any atom is -0.478 e. The average molecular weight is 448 g/mol. The van der Waals surface area contributed by atoms with Crippen LogP contribution in [0.5, 0.6) is 0 Å². The zero-order valence-corrected chi connectivity index (χ0v) is 16.0. The van der Waals surface area contributed by atoms with Crippen LogP contribution in [0.1, 0.15) is 15.9 Å². The molecule has 0 aliphatic carbocycles. The van der Waals surface area contributed by atoms with Gasteiger partial charge in [0.15, 0.2) is 10.8 Å². The smallest absolute Gasteiger partial charge is 0.416 e. The van der Waals surface area contributed by atoms with Crippen molar-refractivity contribution in [3.63, 3.8) is 0 Å². The normalized spacial score (nSPS) is 11.5. The Balaban J connectivity index is 1.52. The molecule has 31 heavy (non-hydrogen) atoms. The molecule has 0 spiro atoms. The molecular formula is C18H11F3N6O3S. The standard InChI is InChI=1S/C18H11F3N6O3S/c19-18(20,21)8-2-1-3-9(4-8)24-16(30)26-17-22-7-13(31-17)12-5-10(15(28)29)11-6-23-27-14(11)25-12/h1-7H,(H,28,29)(H,23,25,27)(H2,22,24,26,30). The molecule has 0 radical (unpaired) electrons. The van der Waals surface area contributed by atoms with Crippen molar-refractivity contribution in [2.24, 2.45) is 0 Å². The number of urea groups is 1. The number of H-pyrrole nitrogens is 1. The van der Waals surface area contributed by atoms with E-state index in [1.165, 1.54) is 30.6 Å². The van der Waals surface area contributed by atoms with Crippen LogP contribution in [0.15, 0.2) is 42.7 Å². The number of carbonyl (C=O) groups is 2. The monoisotopic (exact) mass is 448 g/mol. The largest absolute Gasteiger partial charge is 0.478 e. The van der Waals surface area contributed by atoms with Gasteiger partial charge in [0.1, 0.15) is 0 Å². The maximum atomic E-state index is 12.8. The van der Waals surface area contributed by atoms with Gasteiger partial charge in [0.05, 0.1) is 33.3 Å². The molecular weight excluding hydrogens is 437 g/mol. The fourth-order valence-corrected chi connectivity index (χ4v) is 3.49. The van der Waals surface area contributed by atoms with Gasteiger partial charge in [-0.2, -0.15) is 18.3 Å². The van der Waals surface area contributed by atoms with Gasteiger partial charge in [-0.25, -0.2) is 19.6 Å². The van der Waals surface area contributed by atoms with Gasteiger partial charge in [-0.05, 0) is 24.3 Å². The van der Waals surface area contributed by atoms with E-state index in [0.717, 1.165) is 23.5 Å². The molecule has 1 aromatic carbocycles. The highest BCUT2D eigenvalue weighted by atomic mass is 32.1. The van der Waals surface area contributed by atoms with Crippen LogP contribution in [0, 0.1) is 0 Å². The topological polar surface area (TPSA) is 133 Å². The minimum absolute atomic E-state index is 0.000973. The maximum Gasteiger partial charge on any atom is 0.416 e. The summed E-state index contributed by atoms with van der Waals surface area (Å²) in [6, 6.07) is 4.77. The number of rotatable bonds is 4. The van der Waals surface area contributed by atoms with Crippen LogP contribution in [0.2, 0.25) is 0 Å². The number of carboxylic acid groups (broad SMARTS) is 1. The molecule has 0 bridgehead atoms. The number of carboxylic acids is 1. The van der Waals surface area contributed by atoms with Crippen molar-refractivity contribution in [2.75, 3.05) is 10.6 Å². The van der Waals surface area contributed by atoms with E-state index in [1.807, 2.05) is 0 Å². The molecule has 3 aromatic heterocycles. The molecule has 0 fully saturated rings. The number of amides is 2. The van der Waals surface area contributed by atoms with Gasteiger partial charge in [-0.1, -0.05) is 17.4 Å². The van der Waals surface area contributed by atoms with E-state index in [-0.39, 0.29) is 22.0 Å². The number of halogens is 3. The fraction of sp³-hybridized carbons (Fsp3) is 0.0556. The van der Waals surface area contributed by atoms with Crippen molar-refractivity contribution in [1.29, 1.82) is 0 Å². The summed E-state index contributed by atoms with van der Waals surface area (Å²) in [7, 11) is 0. The van der Waals surface area contributed by atoms with Crippen LogP contribution < -0.4 is 10.6 Å². The van der Waals surface area contributed by atoms with Gasteiger partial charge >= 0.3 is 18.2 Å². The van der Waals surface area contributed by atoms with E-state index in [0.29, 0.717) is 16.0 Å². The molecule has 9 nitrogen and oxygen atoms in total.